The standard InChI is InChI=1S/C29H24Cl2N2O2/c30-24-14-15-26(27(31)18-24)29(35)33(20-22-10-5-2-6-11-22)25-13-7-12-23(16-25)17-28(34)32-19-21-8-3-1-4-9-21/h1-16,18H,17,19-20H2,(H,32,34). The largest absolute Gasteiger partial charge is 0.352 e. The maximum absolute atomic E-state index is 13.6. The Bertz CT molecular complexity index is 1310. The van der Waals surface area contributed by atoms with Crippen LogP contribution in [0.15, 0.2) is 103 Å². The van der Waals surface area contributed by atoms with E-state index in [0.29, 0.717) is 29.4 Å². The highest BCUT2D eigenvalue weighted by molar-refractivity contribution is 6.37. The molecule has 35 heavy (non-hydrogen) atoms. The Labute approximate surface area is 215 Å². The molecule has 1 N–H and O–H groups in total. The lowest BCUT2D eigenvalue weighted by molar-refractivity contribution is -0.120. The number of nitrogens with one attached hydrogen (secondary N) is 1. The molecule has 0 fully saturated rings. The second-order valence-electron chi connectivity index (χ2n) is 8.11. The first kappa shape index (κ1) is 24.5. The maximum Gasteiger partial charge on any atom is 0.260 e. The number of carbonyl (C=O) groups excluding carboxylic acids is 2. The zero-order valence-corrected chi connectivity index (χ0v) is 20.5. The number of amides is 2. The Balaban J connectivity index is 1.56. The zero-order valence-electron chi connectivity index (χ0n) is 19.0. The van der Waals surface area contributed by atoms with Crippen LogP contribution in [0.3, 0.4) is 0 Å². The van der Waals surface area contributed by atoms with Crippen LogP contribution in [-0.2, 0) is 24.3 Å². The summed E-state index contributed by atoms with van der Waals surface area (Å²) in [5.41, 5.74) is 3.85. The summed E-state index contributed by atoms with van der Waals surface area (Å²) in [5, 5.41) is 3.70. The lowest BCUT2D eigenvalue weighted by Gasteiger charge is -2.24. The van der Waals surface area contributed by atoms with Gasteiger partial charge in [0.1, 0.15) is 0 Å². The molecule has 0 aromatic heterocycles. The normalized spacial score (nSPS) is 10.6. The average Bonchev–Trinajstić information content (AvgIpc) is 2.87. The third-order valence-corrected chi connectivity index (χ3v) is 6.06. The van der Waals surface area contributed by atoms with Crippen molar-refractivity contribution in [2.75, 3.05) is 4.90 Å². The van der Waals surface area contributed by atoms with Crippen molar-refractivity contribution in [3.05, 3.63) is 135 Å². The van der Waals surface area contributed by atoms with Gasteiger partial charge in [-0.1, -0.05) is 96.0 Å². The van der Waals surface area contributed by atoms with Crippen molar-refractivity contribution in [1.82, 2.24) is 5.32 Å². The second kappa shape index (κ2) is 11.7. The molecule has 4 nitrogen and oxygen atoms in total. The quantitative estimate of drug-likeness (QED) is 0.291. The molecule has 0 atom stereocenters. The van der Waals surface area contributed by atoms with Crippen LogP contribution in [-0.4, -0.2) is 11.8 Å². The molecule has 0 radical (unpaired) electrons. The predicted molar refractivity (Wildman–Crippen MR) is 142 cm³/mol. The minimum Gasteiger partial charge on any atom is -0.352 e. The highest BCUT2D eigenvalue weighted by Gasteiger charge is 2.21. The summed E-state index contributed by atoms with van der Waals surface area (Å²) in [5.74, 6) is -0.339. The Morgan fingerprint density at radius 3 is 2.06 bits per heavy atom. The fourth-order valence-electron chi connectivity index (χ4n) is 3.73. The highest BCUT2D eigenvalue weighted by atomic mass is 35.5. The van der Waals surface area contributed by atoms with Gasteiger partial charge in [0.15, 0.2) is 0 Å². The van der Waals surface area contributed by atoms with E-state index in [-0.39, 0.29) is 23.3 Å². The molecule has 0 spiro atoms. The Kier molecular flexibility index (Phi) is 8.19. The number of halogens is 2. The van der Waals surface area contributed by atoms with Crippen molar-refractivity contribution in [2.24, 2.45) is 0 Å². The SMILES string of the molecule is O=C(Cc1cccc(N(Cc2ccccc2)C(=O)c2ccc(Cl)cc2Cl)c1)NCc1ccccc1. The van der Waals surface area contributed by atoms with Gasteiger partial charge in [-0.25, -0.2) is 0 Å². The van der Waals surface area contributed by atoms with Crippen LogP contribution in [0.25, 0.3) is 0 Å². The molecule has 0 saturated carbocycles. The number of carbonyl (C=O) groups is 2. The smallest absolute Gasteiger partial charge is 0.260 e. The van der Waals surface area contributed by atoms with Crippen molar-refractivity contribution >= 4 is 40.7 Å². The van der Waals surface area contributed by atoms with Crippen LogP contribution in [0.2, 0.25) is 10.0 Å². The van der Waals surface area contributed by atoms with Crippen LogP contribution >= 0.6 is 23.2 Å². The molecule has 0 unspecified atom stereocenters. The van der Waals surface area contributed by atoms with Crippen LogP contribution in [0.4, 0.5) is 5.69 Å². The van der Waals surface area contributed by atoms with E-state index in [0.717, 1.165) is 16.7 Å². The Morgan fingerprint density at radius 2 is 1.37 bits per heavy atom. The molecule has 0 bridgehead atoms. The van der Waals surface area contributed by atoms with E-state index in [2.05, 4.69) is 5.32 Å². The summed E-state index contributed by atoms with van der Waals surface area (Å²) >= 11 is 12.4. The van der Waals surface area contributed by atoms with E-state index < -0.39 is 0 Å². The number of hydrogen-bond donors (Lipinski definition) is 1. The number of anilines is 1. The molecule has 4 rings (SSSR count). The Morgan fingerprint density at radius 1 is 0.714 bits per heavy atom. The lowest BCUT2D eigenvalue weighted by Crippen LogP contribution is -2.31. The van der Waals surface area contributed by atoms with E-state index in [1.54, 1.807) is 23.1 Å². The summed E-state index contributed by atoms with van der Waals surface area (Å²) in [7, 11) is 0. The molecule has 2 amide bonds. The number of benzene rings is 4. The van der Waals surface area contributed by atoms with Gasteiger partial charge in [-0.3, -0.25) is 9.59 Å². The fraction of sp³-hybridized carbons (Fsp3) is 0.103. The first-order valence-corrected chi connectivity index (χ1v) is 12.0. The summed E-state index contributed by atoms with van der Waals surface area (Å²) in [6.07, 6.45) is 0.204. The molecular formula is C29H24Cl2N2O2. The van der Waals surface area contributed by atoms with Gasteiger partial charge < -0.3 is 10.2 Å². The summed E-state index contributed by atoms with van der Waals surface area (Å²) < 4.78 is 0. The molecule has 0 saturated heterocycles. The van der Waals surface area contributed by atoms with Crippen molar-refractivity contribution in [3.8, 4) is 0 Å². The van der Waals surface area contributed by atoms with Gasteiger partial charge in [-0.15, -0.1) is 0 Å². The molecular weight excluding hydrogens is 479 g/mol. The van der Waals surface area contributed by atoms with Gasteiger partial charge in [0.2, 0.25) is 5.91 Å². The third kappa shape index (κ3) is 6.72. The lowest BCUT2D eigenvalue weighted by atomic mass is 10.1. The van der Waals surface area contributed by atoms with Gasteiger partial charge in [0.05, 0.1) is 23.6 Å². The summed E-state index contributed by atoms with van der Waals surface area (Å²) in [4.78, 5) is 27.8. The van der Waals surface area contributed by atoms with Crippen LogP contribution in [0, 0.1) is 0 Å². The average molecular weight is 503 g/mol. The van der Waals surface area contributed by atoms with E-state index in [1.165, 1.54) is 0 Å². The molecule has 0 aliphatic rings. The highest BCUT2D eigenvalue weighted by Crippen LogP contribution is 2.27. The molecule has 4 aromatic rings. The van der Waals surface area contributed by atoms with Crippen molar-refractivity contribution in [2.45, 2.75) is 19.5 Å². The zero-order chi connectivity index (χ0) is 24.6. The second-order valence-corrected chi connectivity index (χ2v) is 8.95. The third-order valence-electron chi connectivity index (χ3n) is 5.51. The van der Waals surface area contributed by atoms with Crippen LogP contribution in [0.5, 0.6) is 0 Å². The fourth-order valence-corrected chi connectivity index (χ4v) is 4.22. The predicted octanol–water partition coefficient (Wildman–Crippen LogP) is 6.70. The van der Waals surface area contributed by atoms with E-state index >= 15 is 0 Å². The van der Waals surface area contributed by atoms with Gasteiger partial charge in [-0.2, -0.15) is 0 Å². The molecule has 0 heterocycles. The summed E-state index contributed by atoms with van der Waals surface area (Å²) in [6, 6.07) is 31.8. The van der Waals surface area contributed by atoms with Crippen LogP contribution in [0.1, 0.15) is 27.0 Å². The van der Waals surface area contributed by atoms with E-state index in [4.69, 9.17) is 23.2 Å². The van der Waals surface area contributed by atoms with Gasteiger partial charge in [0, 0.05) is 17.3 Å². The van der Waals surface area contributed by atoms with Gasteiger partial charge in [-0.05, 0) is 47.0 Å². The number of rotatable bonds is 8. The topological polar surface area (TPSA) is 49.4 Å². The minimum atomic E-state index is -0.249. The van der Waals surface area contributed by atoms with E-state index in [1.807, 2.05) is 84.9 Å². The number of hydrogen-bond acceptors (Lipinski definition) is 2. The Hall–Kier alpha value is -3.60. The molecule has 4 aromatic carbocycles. The molecule has 0 aliphatic heterocycles. The van der Waals surface area contributed by atoms with Crippen molar-refractivity contribution < 1.29 is 9.59 Å². The molecule has 0 aliphatic carbocycles. The minimum absolute atomic E-state index is 0.0901. The van der Waals surface area contributed by atoms with Crippen LogP contribution < -0.4 is 10.2 Å². The molecule has 176 valence electrons. The van der Waals surface area contributed by atoms with E-state index in [9.17, 15) is 9.59 Å². The van der Waals surface area contributed by atoms with Crippen molar-refractivity contribution in [3.63, 3.8) is 0 Å². The van der Waals surface area contributed by atoms with Crippen molar-refractivity contribution in [1.29, 1.82) is 0 Å². The monoisotopic (exact) mass is 502 g/mol. The summed E-state index contributed by atoms with van der Waals surface area (Å²) in [6.45, 7) is 0.815. The molecule has 6 heteroatoms. The van der Waals surface area contributed by atoms with Gasteiger partial charge in [0.25, 0.3) is 5.91 Å². The first-order chi connectivity index (χ1) is 17.0. The maximum atomic E-state index is 13.6. The number of nitrogens with zero attached hydrogens (tertiary/aromatic N) is 1. The first-order valence-electron chi connectivity index (χ1n) is 11.2. The van der Waals surface area contributed by atoms with Gasteiger partial charge >= 0.3 is 0 Å².